The van der Waals surface area contributed by atoms with Crippen LogP contribution in [0.5, 0.6) is 0 Å². The zero-order chi connectivity index (χ0) is 14.7. The van der Waals surface area contributed by atoms with Gasteiger partial charge in [-0.2, -0.15) is 0 Å². The second-order valence-electron chi connectivity index (χ2n) is 5.15. The van der Waals surface area contributed by atoms with Gasteiger partial charge in [0.2, 0.25) is 0 Å². The standard InChI is InChI=1S/C20H18N.Ir/c1-3-16-12-13-21-20(15(16)2)19-11-7-10-18(14-19)17-8-5-4-6-9-17;/h4-10,12-14H,3H2,1-2H3;/q-1;. The van der Waals surface area contributed by atoms with E-state index in [9.17, 15) is 0 Å². The molecule has 2 aromatic carbocycles. The van der Waals surface area contributed by atoms with Crippen LogP contribution in [0.4, 0.5) is 0 Å². The quantitative estimate of drug-likeness (QED) is 0.493. The fourth-order valence-corrected chi connectivity index (χ4v) is 2.64. The molecule has 0 bridgehead atoms. The zero-order valence-corrected chi connectivity index (χ0v) is 15.2. The summed E-state index contributed by atoms with van der Waals surface area (Å²) in [5.74, 6) is 0. The van der Waals surface area contributed by atoms with Crippen molar-refractivity contribution < 1.29 is 20.1 Å². The van der Waals surface area contributed by atoms with E-state index in [1.807, 2.05) is 18.3 Å². The number of pyridine rings is 1. The summed E-state index contributed by atoms with van der Waals surface area (Å²) in [5.41, 5.74) is 7.11. The molecule has 0 saturated heterocycles. The van der Waals surface area contributed by atoms with E-state index < -0.39 is 0 Å². The summed E-state index contributed by atoms with van der Waals surface area (Å²) < 4.78 is 0. The van der Waals surface area contributed by atoms with E-state index in [1.165, 1.54) is 22.3 Å². The maximum atomic E-state index is 4.56. The first kappa shape index (κ1) is 16.6. The Labute approximate surface area is 145 Å². The van der Waals surface area contributed by atoms with Crippen LogP contribution in [0.25, 0.3) is 22.4 Å². The van der Waals surface area contributed by atoms with Crippen molar-refractivity contribution in [2.75, 3.05) is 0 Å². The Hall–Kier alpha value is -1.76. The zero-order valence-electron chi connectivity index (χ0n) is 12.8. The maximum absolute atomic E-state index is 4.56. The van der Waals surface area contributed by atoms with Crippen molar-refractivity contribution in [3.8, 4) is 22.4 Å². The molecule has 0 unspecified atom stereocenters. The summed E-state index contributed by atoms with van der Waals surface area (Å²) in [4.78, 5) is 4.56. The minimum atomic E-state index is 0. The normalized spacial score (nSPS) is 10.1. The number of aryl methyl sites for hydroxylation is 1. The smallest absolute Gasteiger partial charge is 0.0163 e. The molecule has 1 aromatic heterocycles. The largest absolute Gasteiger partial charge is 0.304 e. The Balaban J connectivity index is 0.00000176. The van der Waals surface area contributed by atoms with E-state index in [2.05, 4.69) is 67.4 Å². The van der Waals surface area contributed by atoms with Crippen molar-refractivity contribution in [3.63, 3.8) is 0 Å². The van der Waals surface area contributed by atoms with E-state index in [4.69, 9.17) is 0 Å². The summed E-state index contributed by atoms with van der Waals surface area (Å²) in [5, 5.41) is 0. The van der Waals surface area contributed by atoms with E-state index in [-0.39, 0.29) is 20.1 Å². The van der Waals surface area contributed by atoms with Gasteiger partial charge in [0.25, 0.3) is 0 Å². The van der Waals surface area contributed by atoms with Crippen molar-refractivity contribution in [1.29, 1.82) is 0 Å². The SMILES string of the molecule is CCc1ccnc(-c2[c-]ccc(-c3ccccc3)c2)c1C.[Ir]. The summed E-state index contributed by atoms with van der Waals surface area (Å²) in [6.07, 6.45) is 2.92. The Morgan fingerprint density at radius 1 is 1.00 bits per heavy atom. The van der Waals surface area contributed by atoms with Gasteiger partial charge in [0, 0.05) is 26.3 Å². The van der Waals surface area contributed by atoms with E-state index in [0.29, 0.717) is 0 Å². The second kappa shape index (κ2) is 7.49. The molecule has 1 radical (unpaired) electrons. The second-order valence-corrected chi connectivity index (χ2v) is 5.15. The first-order valence-corrected chi connectivity index (χ1v) is 7.31. The third kappa shape index (κ3) is 3.35. The molecule has 1 heterocycles. The minimum Gasteiger partial charge on any atom is -0.304 e. The number of rotatable bonds is 3. The summed E-state index contributed by atoms with van der Waals surface area (Å²) >= 11 is 0. The number of hydrogen-bond acceptors (Lipinski definition) is 1. The summed E-state index contributed by atoms with van der Waals surface area (Å²) in [6.45, 7) is 4.32. The molecule has 0 aliphatic heterocycles. The Kier molecular flexibility index (Phi) is 5.65. The fourth-order valence-electron chi connectivity index (χ4n) is 2.64. The molecule has 0 saturated carbocycles. The van der Waals surface area contributed by atoms with Crippen molar-refractivity contribution in [2.45, 2.75) is 20.3 Å². The number of nitrogens with zero attached hydrogens (tertiary/aromatic N) is 1. The van der Waals surface area contributed by atoms with E-state index in [0.717, 1.165) is 17.7 Å². The molecule has 0 fully saturated rings. The number of hydrogen-bond donors (Lipinski definition) is 0. The van der Waals surface area contributed by atoms with Crippen molar-refractivity contribution in [3.05, 3.63) is 78.0 Å². The summed E-state index contributed by atoms with van der Waals surface area (Å²) in [6, 6.07) is 22.1. The average Bonchev–Trinajstić information content (AvgIpc) is 2.56. The molecule has 1 nitrogen and oxygen atoms in total. The van der Waals surface area contributed by atoms with Crippen LogP contribution >= 0.6 is 0 Å². The van der Waals surface area contributed by atoms with Crippen LogP contribution in [-0.2, 0) is 26.5 Å². The molecular weight excluding hydrogens is 446 g/mol. The molecular formula is C20H18IrN-. The van der Waals surface area contributed by atoms with Crippen LogP contribution in [0, 0.1) is 13.0 Å². The molecule has 0 aliphatic carbocycles. The predicted octanol–water partition coefficient (Wildman–Crippen LogP) is 5.08. The van der Waals surface area contributed by atoms with Crippen LogP contribution in [0.2, 0.25) is 0 Å². The van der Waals surface area contributed by atoms with Crippen molar-refractivity contribution in [2.24, 2.45) is 0 Å². The third-order valence-electron chi connectivity index (χ3n) is 3.86. The monoisotopic (exact) mass is 465 g/mol. The van der Waals surface area contributed by atoms with Crippen LogP contribution in [0.15, 0.2) is 60.8 Å². The molecule has 3 rings (SSSR count). The topological polar surface area (TPSA) is 12.9 Å². The van der Waals surface area contributed by atoms with E-state index >= 15 is 0 Å². The van der Waals surface area contributed by atoms with Gasteiger partial charge in [0.15, 0.2) is 0 Å². The third-order valence-corrected chi connectivity index (χ3v) is 3.86. The van der Waals surface area contributed by atoms with Gasteiger partial charge in [-0.1, -0.05) is 48.4 Å². The molecule has 0 amide bonds. The van der Waals surface area contributed by atoms with Gasteiger partial charge >= 0.3 is 0 Å². The molecule has 22 heavy (non-hydrogen) atoms. The first-order valence-electron chi connectivity index (χ1n) is 7.31. The van der Waals surface area contributed by atoms with Gasteiger partial charge in [-0.15, -0.1) is 35.4 Å². The van der Waals surface area contributed by atoms with Crippen LogP contribution in [-0.4, -0.2) is 4.98 Å². The van der Waals surface area contributed by atoms with Crippen molar-refractivity contribution in [1.82, 2.24) is 4.98 Å². The number of benzene rings is 2. The van der Waals surface area contributed by atoms with Gasteiger partial charge in [-0.25, -0.2) is 0 Å². The molecule has 3 aromatic rings. The van der Waals surface area contributed by atoms with Crippen LogP contribution in [0.3, 0.4) is 0 Å². The Morgan fingerprint density at radius 3 is 2.50 bits per heavy atom. The first-order chi connectivity index (χ1) is 10.3. The molecule has 0 spiro atoms. The van der Waals surface area contributed by atoms with Gasteiger partial charge < -0.3 is 4.98 Å². The number of aromatic nitrogens is 1. The maximum Gasteiger partial charge on any atom is 0.0163 e. The average molecular weight is 465 g/mol. The molecule has 0 atom stereocenters. The minimum absolute atomic E-state index is 0. The van der Waals surface area contributed by atoms with Crippen LogP contribution < -0.4 is 0 Å². The van der Waals surface area contributed by atoms with Gasteiger partial charge in [-0.05, 0) is 30.7 Å². The van der Waals surface area contributed by atoms with Gasteiger partial charge in [0.05, 0.1) is 0 Å². The molecule has 113 valence electrons. The van der Waals surface area contributed by atoms with Crippen molar-refractivity contribution >= 4 is 0 Å². The van der Waals surface area contributed by atoms with Gasteiger partial charge in [0.1, 0.15) is 0 Å². The Morgan fingerprint density at radius 2 is 1.77 bits per heavy atom. The fraction of sp³-hybridized carbons (Fsp3) is 0.150. The molecule has 2 heteroatoms. The van der Waals surface area contributed by atoms with E-state index in [1.54, 1.807) is 0 Å². The van der Waals surface area contributed by atoms with Crippen LogP contribution in [0.1, 0.15) is 18.1 Å². The predicted molar refractivity (Wildman–Crippen MR) is 88.1 cm³/mol. The molecule has 0 aliphatic rings. The Bertz CT molecular complexity index is 751. The summed E-state index contributed by atoms with van der Waals surface area (Å²) in [7, 11) is 0. The molecule has 0 N–H and O–H groups in total. The van der Waals surface area contributed by atoms with Gasteiger partial charge in [-0.3, -0.25) is 0 Å².